The van der Waals surface area contributed by atoms with Gasteiger partial charge in [0, 0.05) is 49.8 Å². The third-order valence-electron chi connectivity index (χ3n) is 4.17. The minimum atomic E-state index is -0.174. The van der Waals surface area contributed by atoms with Gasteiger partial charge < -0.3 is 20.1 Å². The number of nitrogens with one attached hydrogen (secondary N) is 2. The summed E-state index contributed by atoms with van der Waals surface area (Å²) in [7, 11) is 1.63. The molecule has 1 amide bonds. The molecule has 1 aliphatic heterocycles. The van der Waals surface area contributed by atoms with Gasteiger partial charge in [-0.3, -0.25) is 14.7 Å². The first-order valence-corrected chi connectivity index (χ1v) is 8.70. The summed E-state index contributed by atoms with van der Waals surface area (Å²) in [4.78, 5) is 18.8. The Bertz CT molecular complexity index is 732. The lowest BCUT2D eigenvalue weighted by Crippen LogP contribution is -2.41. The monoisotopic (exact) mass is 356 g/mol. The zero-order valence-corrected chi connectivity index (χ0v) is 14.9. The highest BCUT2D eigenvalue weighted by Crippen LogP contribution is 2.21. The van der Waals surface area contributed by atoms with Crippen LogP contribution in [0.15, 0.2) is 42.6 Å². The molecule has 0 bridgehead atoms. The first-order chi connectivity index (χ1) is 12.7. The van der Waals surface area contributed by atoms with Gasteiger partial charge in [0.15, 0.2) is 0 Å². The van der Waals surface area contributed by atoms with Crippen LogP contribution in [-0.2, 0) is 4.74 Å². The van der Waals surface area contributed by atoms with Gasteiger partial charge in [0.25, 0.3) is 5.91 Å². The first-order valence-electron chi connectivity index (χ1n) is 8.70. The van der Waals surface area contributed by atoms with Crippen LogP contribution in [0.4, 0.5) is 11.4 Å². The highest BCUT2D eigenvalue weighted by molar-refractivity contribution is 5.93. The smallest absolute Gasteiger partial charge is 0.269 e. The fourth-order valence-electron chi connectivity index (χ4n) is 2.74. The molecule has 1 aliphatic rings. The molecule has 7 heteroatoms. The number of aromatic nitrogens is 1. The zero-order valence-electron chi connectivity index (χ0n) is 14.9. The normalized spacial score (nSPS) is 14.7. The fourth-order valence-corrected chi connectivity index (χ4v) is 2.74. The number of carbonyl (C=O) groups excluding carboxylic acids is 1. The van der Waals surface area contributed by atoms with E-state index < -0.39 is 0 Å². The van der Waals surface area contributed by atoms with E-state index in [0.29, 0.717) is 12.2 Å². The summed E-state index contributed by atoms with van der Waals surface area (Å²) < 4.78 is 10.5. The van der Waals surface area contributed by atoms with Crippen LogP contribution >= 0.6 is 0 Å². The molecular formula is C19H24N4O3. The predicted molar refractivity (Wildman–Crippen MR) is 100 cm³/mol. The van der Waals surface area contributed by atoms with Crippen LogP contribution in [-0.4, -0.2) is 62.3 Å². The van der Waals surface area contributed by atoms with E-state index >= 15 is 0 Å². The van der Waals surface area contributed by atoms with Crippen molar-refractivity contribution in [2.45, 2.75) is 0 Å². The molecule has 1 aromatic heterocycles. The minimum Gasteiger partial charge on any atom is -0.497 e. The lowest BCUT2D eigenvalue weighted by molar-refractivity contribution is 0.0383. The highest BCUT2D eigenvalue weighted by Gasteiger charge is 2.12. The van der Waals surface area contributed by atoms with E-state index in [2.05, 4.69) is 20.5 Å². The van der Waals surface area contributed by atoms with Gasteiger partial charge >= 0.3 is 0 Å². The Balaban J connectivity index is 1.54. The van der Waals surface area contributed by atoms with Gasteiger partial charge in [0.2, 0.25) is 0 Å². The molecule has 1 saturated heterocycles. The van der Waals surface area contributed by atoms with Gasteiger partial charge in [-0.05, 0) is 24.3 Å². The van der Waals surface area contributed by atoms with Crippen LogP contribution in [0.3, 0.4) is 0 Å². The van der Waals surface area contributed by atoms with Crippen molar-refractivity contribution in [1.82, 2.24) is 15.2 Å². The third-order valence-corrected chi connectivity index (χ3v) is 4.17. The summed E-state index contributed by atoms with van der Waals surface area (Å²) in [6.45, 7) is 4.74. The Morgan fingerprint density at radius 2 is 2.04 bits per heavy atom. The third kappa shape index (κ3) is 5.18. The van der Waals surface area contributed by atoms with Crippen LogP contribution in [0.5, 0.6) is 5.75 Å². The van der Waals surface area contributed by atoms with Crippen molar-refractivity contribution < 1.29 is 14.3 Å². The number of hydrogen-bond donors (Lipinski definition) is 2. The number of pyridine rings is 1. The lowest BCUT2D eigenvalue weighted by atomic mass is 10.2. The van der Waals surface area contributed by atoms with E-state index in [-0.39, 0.29) is 5.91 Å². The Morgan fingerprint density at radius 3 is 2.85 bits per heavy atom. The Kier molecular flexibility index (Phi) is 6.40. The average molecular weight is 356 g/mol. The standard InChI is InChI=1S/C19H24N4O3/c1-25-17-4-2-3-15(13-17)22-16-5-6-20-18(14-16)19(24)21-7-8-23-9-11-26-12-10-23/h2-6,13-14H,7-12H2,1H3,(H,20,22)(H,21,24). The predicted octanol–water partition coefficient (Wildman–Crippen LogP) is 1.90. The maximum atomic E-state index is 12.3. The molecule has 0 atom stereocenters. The van der Waals surface area contributed by atoms with Crippen LogP contribution in [0.1, 0.15) is 10.5 Å². The largest absolute Gasteiger partial charge is 0.497 e. The van der Waals surface area contributed by atoms with Gasteiger partial charge in [-0.25, -0.2) is 0 Å². The SMILES string of the molecule is COc1cccc(Nc2ccnc(C(=O)NCCN3CCOCC3)c2)c1. The molecule has 3 rings (SSSR count). The van der Waals surface area contributed by atoms with Crippen LogP contribution in [0.2, 0.25) is 0 Å². The molecule has 0 unspecified atom stereocenters. The van der Waals surface area contributed by atoms with Crippen molar-refractivity contribution in [3.63, 3.8) is 0 Å². The molecule has 0 saturated carbocycles. The molecule has 0 aliphatic carbocycles. The molecule has 1 fully saturated rings. The molecule has 7 nitrogen and oxygen atoms in total. The van der Waals surface area contributed by atoms with E-state index in [4.69, 9.17) is 9.47 Å². The van der Waals surface area contributed by atoms with E-state index in [9.17, 15) is 4.79 Å². The van der Waals surface area contributed by atoms with Gasteiger partial charge in [-0.2, -0.15) is 0 Å². The van der Waals surface area contributed by atoms with Crippen LogP contribution in [0.25, 0.3) is 0 Å². The quantitative estimate of drug-likeness (QED) is 0.789. The van der Waals surface area contributed by atoms with Crippen molar-refractivity contribution in [1.29, 1.82) is 0 Å². The van der Waals surface area contributed by atoms with Crippen molar-refractivity contribution >= 4 is 17.3 Å². The maximum absolute atomic E-state index is 12.3. The van der Waals surface area contributed by atoms with Crippen molar-refractivity contribution in [3.8, 4) is 5.75 Å². The summed E-state index contributed by atoms with van der Waals surface area (Å²) in [5, 5.41) is 6.18. The van der Waals surface area contributed by atoms with Crippen molar-refractivity contribution in [2.75, 3.05) is 51.8 Å². The number of rotatable bonds is 7. The van der Waals surface area contributed by atoms with Gasteiger partial charge in [0.05, 0.1) is 20.3 Å². The number of nitrogens with zero attached hydrogens (tertiary/aromatic N) is 2. The second-order valence-electron chi connectivity index (χ2n) is 6.00. The summed E-state index contributed by atoms with van der Waals surface area (Å²) >= 11 is 0. The minimum absolute atomic E-state index is 0.174. The van der Waals surface area contributed by atoms with Gasteiger partial charge in [-0.1, -0.05) is 6.07 Å². The molecule has 0 spiro atoms. The number of ether oxygens (including phenoxy) is 2. The number of carbonyl (C=O) groups is 1. The number of hydrogen-bond acceptors (Lipinski definition) is 6. The van der Waals surface area contributed by atoms with Crippen molar-refractivity contribution in [3.05, 3.63) is 48.3 Å². The van der Waals surface area contributed by atoms with Gasteiger partial charge in [0.1, 0.15) is 11.4 Å². The zero-order chi connectivity index (χ0) is 18.2. The molecule has 2 heterocycles. The highest BCUT2D eigenvalue weighted by atomic mass is 16.5. The Hall–Kier alpha value is -2.64. The van der Waals surface area contributed by atoms with E-state index in [1.54, 1.807) is 19.4 Å². The molecule has 0 radical (unpaired) electrons. The van der Waals surface area contributed by atoms with E-state index in [1.807, 2.05) is 30.3 Å². The van der Waals surface area contributed by atoms with Crippen LogP contribution in [0, 0.1) is 0 Å². The molecule has 26 heavy (non-hydrogen) atoms. The fraction of sp³-hybridized carbons (Fsp3) is 0.368. The van der Waals surface area contributed by atoms with Gasteiger partial charge in [-0.15, -0.1) is 0 Å². The Morgan fingerprint density at radius 1 is 1.23 bits per heavy atom. The Labute approximate surface area is 153 Å². The molecule has 138 valence electrons. The number of anilines is 2. The summed E-state index contributed by atoms with van der Waals surface area (Å²) in [6.07, 6.45) is 1.62. The van der Waals surface area contributed by atoms with E-state index in [0.717, 1.165) is 50.0 Å². The first kappa shape index (κ1) is 18.2. The molecule has 2 aromatic rings. The van der Waals surface area contributed by atoms with E-state index in [1.165, 1.54) is 0 Å². The van der Waals surface area contributed by atoms with Crippen molar-refractivity contribution in [2.24, 2.45) is 0 Å². The van der Waals surface area contributed by atoms with Crippen LogP contribution < -0.4 is 15.4 Å². The number of benzene rings is 1. The molecule has 2 N–H and O–H groups in total. The second kappa shape index (κ2) is 9.17. The maximum Gasteiger partial charge on any atom is 0.269 e. The summed E-state index contributed by atoms with van der Waals surface area (Å²) in [6, 6.07) is 11.2. The summed E-state index contributed by atoms with van der Waals surface area (Å²) in [5.74, 6) is 0.595. The number of morpholine rings is 1. The molecular weight excluding hydrogens is 332 g/mol. The number of amides is 1. The second-order valence-corrected chi connectivity index (χ2v) is 6.00. The number of methoxy groups -OCH3 is 1. The molecule has 1 aromatic carbocycles. The lowest BCUT2D eigenvalue weighted by Gasteiger charge is -2.26. The topological polar surface area (TPSA) is 75.7 Å². The average Bonchev–Trinajstić information content (AvgIpc) is 2.69. The summed E-state index contributed by atoms with van der Waals surface area (Å²) in [5.41, 5.74) is 2.07.